The van der Waals surface area contributed by atoms with E-state index in [1.165, 1.54) is 19.3 Å². The molecular formula is C13H24N2O3S. The fourth-order valence-corrected chi connectivity index (χ4v) is 2.66. The molecule has 1 atom stereocenters. The van der Waals surface area contributed by atoms with E-state index < -0.39 is 0 Å². The molecule has 19 heavy (non-hydrogen) atoms. The van der Waals surface area contributed by atoms with Crippen molar-refractivity contribution in [3.05, 3.63) is 0 Å². The van der Waals surface area contributed by atoms with Gasteiger partial charge in [-0.2, -0.15) is 0 Å². The molecule has 5 nitrogen and oxygen atoms in total. The van der Waals surface area contributed by atoms with Crippen molar-refractivity contribution in [3.8, 4) is 0 Å². The first-order chi connectivity index (χ1) is 9.15. The normalized spacial score (nSPS) is 17.9. The van der Waals surface area contributed by atoms with Crippen LogP contribution in [0.5, 0.6) is 0 Å². The Bertz CT molecular complexity index is 294. The minimum atomic E-state index is -0.200. The molecule has 1 unspecified atom stereocenters. The summed E-state index contributed by atoms with van der Waals surface area (Å²) in [6, 6.07) is -0.200. The SMILES string of the molecule is COCCOCC(=O)NC(C(N)=S)C1CCCCC1. The highest BCUT2D eigenvalue weighted by Gasteiger charge is 2.27. The summed E-state index contributed by atoms with van der Waals surface area (Å²) in [6.07, 6.45) is 5.78. The van der Waals surface area contributed by atoms with Crippen molar-refractivity contribution in [2.24, 2.45) is 11.7 Å². The fraction of sp³-hybridized carbons (Fsp3) is 0.846. The summed E-state index contributed by atoms with van der Waals surface area (Å²) < 4.78 is 10.0. The van der Waals surface area contributed by atoms with Crippen LogP contribution in [-0.4, -0.2) is 43.9 Å². The maximum absolute atomic E-state index is 11.8. The van der Waals surface area contributed by atoms with Crippen LogP contribution < -0.4 is 11.1 Å². The lowest BCUT2D eigenvalue weighted by atomic mass is 9.84. The lowest BCUT2D eigenvalue weighted by Gasteiger charge is -2.30. The minimum Gasteiger partial charge on any atom is -0.392 e. The molecular weight excluding hydrogens is 264 g/mol. The number of amides is 1. The lowest BCUT2D eigenvalue weighted by molar-refractivity contribution is -0.126. The Kier molecular flexibility index (Phi) is 7.93. The summed E-state index contributed by atoms with van der Waals surface area (Å²) in [5.74, 6) is 0.202. The summed E-state index contributed by atoms with van der Waals surface area (Å²) in [5, 5.41) is 2.89. The monoisotopic (exact) mass is 288 g/mol. The number of hydrogen-bond acceptors (Lipinski definition) is 4. The van der Waals surface area contributed by atoms with Crippen molar-refractivity contribution < 1.29 is 14.3 Å². The highest BCUT2D eigenvalue weighted by molar-refractivity contribution is 7.80. The molecule has 110 valence electrons. The zero-order chi connectivity index (χ0) is 14.1. The van der Waals surface area contributed by atoms with Gasteiger partial charge in [0.1, 0.15) is 6.61 Å². The van der Waals surface area contributed by atoms with Gasteiger partial charge in [-0.25, -0.2) is 0 Å². The van der Waals surface area contributed by atoms with Gasteiger partial charge in [0.25, 0.3) is 0 Å². The van der Waals surface area contributed by atoms with E-state index in [4.69, 9.17) is 27.4 Å². The van der Waals surface area contributed by atoms with Crippen LogP contribution in [-0.2, 0) is 14.3 Å². The zero-order valence-corrected chi connectivity index (χ0v) is 12.3. The van der Waals surface area contributed by atoms with Gasteiger partial charge >= 0.3 is 0 Å². The number of rotatable bonds is 8. The third-order valence-electron chi connectivity index (χ3n) is 3.41. The Hall–Kier alpha value is -0.720. The maximum atomic E-state index is 11.8. The van der Waals surface area contributed by atoms with Gasteiger partial charge in [0, 0.05) is 7.11 Å². The third kappa shape index (κ3) is 6.31. The molecule has 3 N–H and O–H groups in total. The van der Waals surface area contributed by atoms with E-state index in [0.717, 1.165) is 12.8 Å². The second-order valence-corrected chi connectivity index (χ2v) is 5.36. The Labute approximate surface area is 120 Å². The average Bonchev–Trinajstić information content (AvgIpc) is 2.41. The summed E-state index contributed by atoms with van der Waals surface area (Å²) >= 11 is 5.07. The van der Waals surface area contributed by atoms with E-state index in [-0.39, 0.29) is 18.6 Å². The van der Waals surface area contributed by atoms with Gasteiger partial charge in [-0.05, 0) is 18.8 Å². The first-order valence-corrected chi connectivity index (χ1v) is 7.21. The Morgan fingerprint density at radius 1 is 1.37 bits per heavy atom. The Morgan fingerprint density at radius 2 is 2.05 bits per heavy atom. The van der Waals surface area contributed by atoms with Crippen LogP contribution in [0.15, 0.2) is 0 Å². The Balaban J connectivity index is 2.35. The van der Waals surface area contributed by atoms with Crippen molar-refractivity contribution >= 4 is 23.1 Å². The molecule has 0 aromatic carbocycles. The van der Waals surface area contributed by atoms with Gasteiger partial charge < -0.3 is 20.5 Å². The predicted octanol–water partition coefficient (Wildman–Crippen LogP) is 1.00. The summed E-state index contributed by atoms with van der Waals surface area (Å²) in [5.41, 5.74) is 5.75. The quantitative estimate of drug-likeness (QED) is 0.515. The molecule has 0 bridgehead atoms. The van der Waals surface area contributed by atoms with E-state index in [1.54, 1.807) is 7.11 Å². The molecule has 1 saturated carbocycles. The molecule has 1 aliphatic carbocycles. The number of carbonyl (C=O) groups is 1. The van der Waals surface area contributed by atoms with Crippen LogP contribution in [0.2, 0.25) is 0 Å². The molecule has 1 aliphatic rings. The van der Waals surface area contributed by atoms with E-state index in [2.05, 4.69) is 5.32 Å². The smallest absolute Gasteiger partial charge is 0.246 e. The topological polar surface area (TPSA) is 73.6 Å². The second-order valence-electron chi connectivity index (χ2n) is 4.89. The number of ether oxygens (including phenoxy) is 2. The van der Waals surface area contributed by atoms with Gasteiger partial charge in [0.05, 0.1) is 24.2 Å². The van der Waals surface area contributed by atoms with Crippen LogP contribution >= 0.6 is 12.2 Å². The van der Waals surface area contributed by atoms with Crippen LogP contribution in [0.1, 0.15) is 32.1 Å². The van der Waals surface area contributed by atoms with E-state index in [1.807, 2.05) is 0 Å². The predicted molar refractivity (Wildman–Crippen MR) is 78.0 cm³/mol. The van der Waals surface area contributed by atoms with Crippen LogP contribution in [0.4, 0.5) is 0 Å². The third-order valence-corrected chi connectivity index (χ3v) is 3.66. The average molecular weight is 288 g/mol. The van der Waals surface area contributed by atoms with Gasteiger partial charge in [-0.1, -0.05) is 31.5 Å². The zero-order valence-electron chi connectivity index (χ0n) is 11.5. The molecule has 6 heteroatoms. The van der Waals surface area contributed by atoms with E-state index in [0.29, 0.717) is 24.1 Å². The van der Waals surface area contributed by atoms with E-state index >= 15 is 0 Å². The molecule has 1 amide bonds. The molecule has 0 aromatic heterocycles. The van der Waals surface area contributed by atoms with Gasteiger partial charge in [0.15, 0.2) is 0 Å². The molecule has 0 saturated heterocycles. The summed E-state index contributed by atoms with van der Waals surface area (Å²) in [7, 11) is 1.59. The number of thiocarbonyl (C=S) groups is 1. The van der Waals surface area contributed by atoms with Gasteiger partial charge in [-0.3, -0.25) is 4.79 Å². The maximum Gasteiger partial charge on any atom is 0.246 e. The molecule has 1 fully saturated rings. The van der Waals surface area contributed by atoms with Crippen LogP contribution in [0, 0.1) is 5.92 Å². The van der Waals surface area contributed by atoms with Crippen LogP contribution in [0.3, 0.4) is 0 Å². The molecule has 0 aliphatic heterocycles. The van der Waals surface area contributed by atoms with Gasteiger partial charge in [0.2, 0.25) is 5.91 Å². The second kappa shape index (κ2) is 9.23. The molecule has 0 aromatic rings. The molecule has 0 heterocycles. The van der Waals surface area contributed by atoms with Crippen molar-refractivity contribution in [3.63, 3.8) is 0 Å². The summed E-state index contributed by atoms with van der Waals surface area (Å²) in [6.45, 7) is 0.912. The number of methoxy groups -OCH3 is 1. The van der Waals surface area contributed by atoms with Crippen molar-refractivity contribution in [1.29, 1.82) is 0 Å². The van der Waals surface area contributed by atoms with Crippen molar-refractivity contribution in [2.75, 3.05) is 26.9 Å². The van der Waals surface area contributed by atoms with Crippen molar-refractivity contribution in [1.82, 2.24) is 5.32 Å². The van der Waals surface area contributed by atoms with E-state index in [9.17, 15) is 4.79 Å². The minimum absolute atomic E-state index is 0.0230. The fourth-order valence-electron chi connectivity index (χ4n) is 2.41. The number of carbonyl (C=O) groups excluding carboxylic acids is 1. The first-order valence-electron chi connectivity index (χ1n) is 6.80. The first kappa shape index (κ1) is 16.3. The number of nitrogens with one attached hydrogen (secondary N) is 1. The standard InChI is InChI=1S/C13H24N2O3S/c1-17-7-8-18-9-11(16)15-12(13(14)19)10-5-3-2-4-6-10/h10,12H,2-9H2,1H3,(H2,14,19)(H,15,16). The van der Waals surface area contributed by atoms with Crippen LogP contribution in [0.25, 0.3) is 0 Å². The highest BCUT2D eigenvalue weighted by Crippen LogP contribution is 2.26. The molecule has 0 radical (unpaired) electrons. The molecule has 1 rings (SSSR count). The lowest BCUT2D eigenvalue weighted by Crippen LogP contribution is -2.49. The number of nitrogens with two attached hydrogens (primary N) is 1. The number of hydrogen-bond donors (Lipinski definition) is 2. The summed E-state index contributed by atoms with van der Waals surface area (Å²) in [4.78, 5) is 12.1. The molecule has 0 spiro atoms. The Morgan fingerprint density at radius 3 is 2.63 bits per heavy atom. The largest absolute Gasteiger partial charge is 0.392 e. The van der Waals surface area contributed by atoms with Crippen molar-refractivity contribution in [2.45, 2.75) is 38.1 Å². The highest BCUT2D eigenvalue weighted by atomic mass is 32.1. The van der Waals surface area contributed by atoms with Gasteiger partial charge in [-0.15, -0.1) is 0 Å².